The maximum Gasteiger partial charge on any atom is -1.00 e. The minimum Gasteiger partial charge on any atom is -1.00 e. The summed E-state index contributed by atoms with van der Waals surface area (Å²) in [5.74, 6) is 0. The zero-order valence-electron chi connectivity index (χ0n) is 13.9. The Bertz CT molecular complexity index is 812. The molecule has 7 heteroatoms. The minimum absolute atomic E-state index is 0. The van der Waals surface area contributed by atoms with E-state index in [0.29, 0.717) is 3.63 Å². The monoisotopic (exact) mass is 450 g/mol. The molecule has 1 aromatic carbocycles. The molecule has 2 aromatic rings. The van der Waals surface area contributed by atoms with Gasteiger partial charge < -0.3 is 24.8 Å². The molecule has 0 aliphatic heterocycles. The first-order valence-corrected chi connectivity index (χ1v) is 10.7. The van der Waals surface area contributed by atoms with Gasteiger partial charge in [0.15, 0.2) is 0 Å². The van der Waals surface area contributed by atoms with Crippen LogP contribution in [-0.2, 0) is 23.2 Å². The number of benzene rings is 1. The number of tetrazole rings is 1. The number of hydrogen-bond acceptors (Lipinski definition) is 3. The van der Waals surface area contributed by atoms with E-state index in [1.54, 1.807) is 13.7 Å². The second-order valence-corrected chi connectivity index (χ2v) is 9.47. The first-order chi connectivity index (χ1) is 11.4. The minimum atomic E-state index is -0.797. The van der Waals surface area contributed by atoms with Crippen molar-refractivity contribution in [1.29, 1.82) is 0 Å². The Morgan fingerprint density at radius 3 is 2.84 bits per heavy atom. The first-order valence-electron chi connectivity index (χ1n) is 8.06. The standard InChI is InChI=1S/C10H7N4.C8H11.2ClH.Zr/c1-2-4-9-6-10(5-8(9)3-1)14-12-7-11-13-14;1-2-5-8-6-3-4-7-8;;;/h1-7H;3,6H,2,4-5H2,1H3;2*1H;/q;;;;+2/p-2. The molecule has 0 amide bonds. The molecule has 2 aliphatic carbocycles. The van der Waals surface area contributed by atoms with Gasteiger partial charge in [0.1, 0.15) is 0 Å². The number of hydrogen-bond donors (Lipinski definition) is 0. The van der Waals surface area contributed by atoms with Gasteiger partial charge in [0, 0.05) is 0 Å². The molecule has 1 unspecified atom stereocenters. The van der Waals surface area contributed by atoms with Crippen LogP contribution in [0.5, 0.6) is 0 Å². The van der Waals surface area contributed by atoms with Crippen LogP contribution in [0.15, 0.2) is 51.6 Å². The van der Waals surface area contributed by atoms with Crippen LogP contribution < -0.4 is 24.8 Å². The summed E-state index contributed by atoms with van der Waals surface area (Å²) in [4.78, 5) is 1.72. The third-order valence-electron chi connectivity index (χ3n) is 4.35. The Morgan fingerprint density at radius 2 is 2.08 bits per heavy atom. The predicted octanol–water partition coefficient (Wildman–Crippen LogP) is -2.17. The molecule has 1 atom stereocenters. The Balaban J connectivity index is 0.00000113. The number of nitrogens with zero attached hydrogens (tertiary/aromatic N) is 4. The van der Waals surface area contributed by atoms with E-state index in [1.165, 1.54) is 36.0 Å². The average molecular weight is 453 g/mol. The second kappa shape index (κ2) is 9.07. The first kappa shape index (κ1) is 20.3. The third-order valence-corrected chi connectivity index (χ3v) is 8.70. The van der Waals surface area contributed by atoms with E-state index in [9.17, 15) is 0 Å². The molecule has 0 bridgehead atoms. The molecule has 1 heterocycles. The Kier molecular flexibility index (Phi) is 7.36. The van der Waals surface area contributed by atoms with Crippen molar-refractivity contribution in [3.8, 4) is 0 Å². The molecular formula is C18H18Cl2N4Zr. The van der Waals surface area contributed by atoms with Gasteiger partial charge in [-0.05, 0) is 0 Å². The van der Waals surface area contributed by atoms with E-state index in [0.717, 1.165) is 6.42 Å². The van der Waals surface area contributed by atoms with Crippen molar-refractivity contribution in [2.24, 2.45) is 0 Å². The SMILES string of the molecule is CCCC1=[C]([Zr+2][CH]2C(n3ncnn3)=Cc3ccccc32)CC=C1.[Cl-].[Cl-]. The van der Waals surface area contributed by atoms with Crippen molar-refractivity contribution in [2.45, 2.75) is 29.8 Å². The maximum atomic E-state index is 4.28. The van der Waals surface area contributed by atoms with Crippen molar-refractivity contribution < 1.29 is 48.0 Å². The fraction of sp³-hybridized carbons (Fsp3) is 0.278. The van der Waals surface area contributed by atoms with Gasteiger partial charge in [0.2, 0.25) is 0 Å². The van der Waals surface area contributed by atoms with Crippen molar-refractivity contribution in [3.05, 3.63) is 62.7 Å². The van der Waals surface area contributed by atoms with Crippen LogP contribution in [0.1, 0.15) is 40.9 Å². The Labute approximate surface area is 171 Å². The van der Waals surface area contributed by atoms with E-state index < -0.39 is 23.2 Å². The summed E-state index contributed by atoms with van der Waals surface area (Å²) in [5, 5.41) is 12.3. The van der Waals surface area contributed by atoms with E-state index in [1.807, 2.05) is 0 Å². The van der Waals surface area contributed by atoms with Gasteiger partial charge in [-0.3, -0.25) is 0 Å². The van der Waals surface area contributed by atoms with Gasteiger partial charge in [0.05, 0.1) is 0 Å². The smallest absolute Gasteiger partial charge is 1.00 e. The second-order valence-electron chi connectivity index (χ2n) is 5.86. The molecule has 0 spiro atoms. The number of fused-ring (bicyclic) bond motifs is 1. The van der Waals surface area contributed by atoms with E-state index >= 15 is 0 Å². The van der Waals surface area contributed by atoms with Gasteiger partial charge in [-0.2, -0.15) is 0 Å². The summed E-state index contributed by atoms with van der Waals surface area (Å²) < 4.78 is 2.20. The van der Waals surface area contributed by atoms with Crippen LogP contribution in [0, 0.1) is 0 Å². The molecule has 0 fully saturated rings. The average Bonchev–Trinajstić information content (AvgIpc) is 3.29. The quantitative estimate of drug-likeness (QED) is 0.519. The Hall–Kier alpha value is -1.03. The zero-order chi connectivity index (χ0) is 15.6. The molecule has 128 valence electrons. The molecule has 2 aliphatic rings. The summed E-state index contributed by atoms with van der Waals surface area (Å²) in [6.07, 6.45) is 12.0. The zero-order valence-corrected chi connectivity index (χ0v) is 17.8. The predicted molar refractivity (Wildman–Crippen MR) is 86.9 cm³/mol. The molecule has 25 heavy (non-hydrogen) atoms. The van der Waals surface area contributed by atoms with Crippen LogP contribution in [-0.4, -0.2) is 20.2 Å². The van der Waals surface area contributed by atoms with Gasteiger partial charge in [-0.1, -0.05) is 0 Å². The number of aromatic nitrogens is 4. The molecule has 4 rings (SSSR count). The Morgan fingerprint density at radius 1 is 1.24 bits per heavy atom. The number of rotatable bonds is 5. The van der Waals surface area contributed by atoms with Crippen LogP contribution >= 0.6 is 0 Å². The molecule has 1 aromatic heterocycles. The largest absolute Gasteiger partial charge is 1.00 e. The van der Waals surface area contributed by atoms with Gasteiger partial charge in [0.25, 0.3) is 0 Å². The topological polar surface area (TPSA) is 43.6 Å². The van der Waals surface area contributed by atoms with Crippen LogP contribution in [0.3, 0.4) is 0 Å². The van der Waals surface area contributed by atoms with Gasteiger partial charge in [-0.15, -0.1) is 0 Å². The molecule has 0 saturated heterocycles. The number of allylic oxidation sites excluding steroid dienone is 5. The fourth-order valence-corrected chi connectivity index (χ4v) is 7.58. The summed E-state index contributed by atoms with van der Waals surface area (Å²) in [6.45, 7) is 2.26. The fourth-order valence-electron chi connectivity index (χ4n) is 3.30. The van der Waals surface area contributed by atoms with Crippen LogP contribution in [0.4, 0.5) is 0 Å². The van der Waals surface area contributed by atoms with Crippen molar-refractivity contribution in [2.75, 3.05) is 0 Å². The summed E-state index contributed by atoms with van der Waals surface area (Å²) >= 11 is -0.797. The maximum absolute atomic E-state index is 4.28. The third kappa shape index (κ3) is 4.05. The molecule has 0 saturated carbocycles. The molecule has 4 nitrogen and oxygen atoms in total. The van der Waals surface area contributed by atoms with Crippen LogP contribution in [0.25, 0.3) is 11.8 Å². The van der Waals surface area contributed by atoms with Crippen LogP contribution in [0.2, 0.25) is 0 Å². The van der Waals surface area contributed by atoms with Crippen molar-refractivity contribution >= 4 is 11.8 Å². The van der Waals surface area contributed by atoms with E-state index in [4.69, 9.17) is 0 Å². The molecule has 0 radical (unpaired) electrons. The molecular weight excluding hydrogens is 434 g/mol. The summed E-state index contributed by atoms with van der Waals surface area (Å²) in [7, 11) is 0. The normalized spacial score (nSPS) is 17.5. The number of halogens is 2. The van der Waals surface area contributed by atoms with Crippen molar-refractivity contribution in [3.63, 3.8) is 0 Å². The van der Waals surface area contributed by atoms with E-state index in [-0.39, 0.29) is 24.8 Å². The van der Waals surface area contributed by atoms with E-state index in [2.05, 4.69) is 64.8 Å². The van der Waals surface area contributed by atoms with Gasteiger partial charge >= 0.3 is 148 Å². The molecule has 0 N–H and O–H groups in total. The van der Waals surface area contributed by atoms with Crippen molar-refractivity contribution in [1.82, 2.24) is 20.2 Å². The summed E-state index contributed by atoms with van der Waals surface area (Å²) in [5.41, 5.74) is 5.55. The van der Waals surface area contributed by atoms with Gasteiger partial charge in [-0.25, -0.2) is 0 Å². The summed E-state index contributed by atoms with van der Waals surface area (Å²) in [6, 6.07) is 8.71.